The lowest BCUT2D eigenvalue weighted by Crippen LogP contribution is -2.60. The van der Waals surface area contributed by atoms with E-state index in [4.69, 9.17) is 28.4 Å². The van der Waals surface area contributed by atoms with E-state index in [0.717, 1.165) is 0 Å². The molecule has 1 saturated heterocycles. The number of methoxy groups -OCH3 is 2. The summed E-state index contributed by atoms with van der Waals surface area (Å²) in [6.07, 6.45) is -6.24. The second-order valence-electron chi connectivity index (χ2n) is 9.34. The number of hydrogen-bond donors (Lipinski definition) is 5. The molecule has 0 amide bonds. The van der Waals surface area contributed by atoms with Gasteiger partial charge in [-0.15, -0.1) is 0 Å². The van der Waals surface area contributed by atoms with Crippen molar-refractivity contribution in [1.29, 1.82) is 0 Å². The Bertz CT molecular complexity index is 962. The maximum Gasteiger partial charge on any atom is 0.338 e. The Labute approximate surface area is 207 Å². The average Bonchev–Trinajstić information content (AvgIpc) is 3.13. The molecule has 0 aromatic heterocycles. The van der Waals surface area contributed by atoms with E-state index >= 15 is 0 Å². The fourth-order valence-corrected chi connectivity index (χ4v) is 5.06. The van der Waals surface area contributed by atoms with Crippen LogP contribution in [0.15, 0.2) is 30.5 Å². The van der Waals surface area contributed by atoms with Gasteiger partial charge < -0.3 is 54.0 Å². The molecule has 2 aliphatic heterocycles. The van der Waals surface area contributed by atoms with Crippen molar-refractivity contribution >= 4 is 5.97 Å². The smallest absolute Gasteiger partial charge is 0.338 e. The van der Waals surface area contributed by atoms with Gasteiger partial charge in [0.05, 0.1) is 44.2 Å². The molecule has 4 rings (SSSR count). The number of aliphatic hydroxyl groups is 5. The van der Waals surface area contributed by atoms with Gasteiger partial charge in [-0.3, -0.25) is 0 Å². The highest BCUT2D eigenvalue weighted by Gasteiger charge is 2.58. The average molecular weight is 513 g/mol. The maximum absolute atomic E-state index is 12.9. The first-order chi connectivity index (χ1) is 17.1. The first-order valence-corrected chi connectivity index (χ1v) is 11.5. The van der Waals surface area contributed by atoms with E-state index in [0.29, 0.717) is 11.5 Å². The SMILES string of the molecule is COc1ccc(C(=O)O[C@@H]2C[C@@](C)(O)[C@H]3[C@H](O[C@@H]4O[C@@H](CO)[C@@H](O)[C@@H](O)[C@H]4O)OC=C[C@H]32)cc1OC. The van der Waals surface area contributed by atoms with Crippen molar-refractivity contribution in [2.24, 2.45) is 11.8 Å². The summed E-state index contributed by atoms with van der Waals surface area (Å²) in [6, 6.07) is 4.62. The van der Waals surface area contributed by atoms with Crippen LogP contribution in [0.3, 0.4) is 0 Å². The molecule has 1 aromatic carbocycles. The summed E-state index contributed by atoms with van der Waals surface area (Å²) in [5.41, 5.74) is -1.17. The zero-order valence-electron chi connectivity index (χ0n) is 20.1. The fraction of sp³-hybridized carbons (Fsp3) is 0.625. The Balaban J connectivity index is 1.49. The zero-order valence-corrected chi connectivity index (χ0v) is 20.1. The maximum atomic E-state index is 12.9. The van der Waals surface area contributed by atoms with Crippen molar-refractivity contribution in [1.82, 2.24) is 0 Å². The molecule has 1 aromatic rings. The molecule has 0 radical (unpaired) electrons. The fourth-order valence-electron chi connectivity index (χ4n) is 5.06. The minimum atomic E-state index is -1.64. The number of carbonyl (C=O) groups is 1. The highest BCUT2D eigenvalue weighted by molar-refractivity contribution is 5.90. The normalized spacial score (nSPS) is 39.7. The molecular weight excluding hydrogens is 480 g/mol. The van der Waals surface area contributed by atoms with Crippen LogP contribution < -0.4 is 9.47 Å². The van der Waals surface area contributed by atoms with Gasteiger partial charge in [0.25, 0.3) is 0 Å². The van der Waals surface area contributed by atoms with Crippen LogP contribution in [0.4, 0.5) is 0 Å². The quantitative estimate of drug-likeness (QED) is 0.291. The molecule has 12 nitrogen and oxygen atoms in total. The van der Waals surface area contributed by atoms with Gasteiger partial charge in [-0.25, -0.2) is 4.79 Å². The third kappa shape index (κ3) is 4.90. The molecule has 5 N–H and O–H groups in total. The second kappa shape index (κ2) is 10.5. The summed E-state index contributed by atoms with van der Waals surface area (Å²) >= 11 is 0. The molecule has 3 aliphatic rings. The summed E-state index contributed by atoms with van der Waals surface area (Å²) in [7, 11) is 2.94. The third-order valence-electron chi connectivity index (χ3n) is 6.98. The van der Waals surface area contributed by atoms with Crippen LogP contribution in [-0.4, -0.2) is 101 Å². The molecular formula is C24H32O12. The molecule has 1 saturated carbocycles. The highest BCUT2D eigenvalue weighted by Crippen LogP contribution is 2.48. The van der Waals surface area contributed by atoms with Crippen molar-refractivity contribution in [2.45, 2.75) is 62.0 Å². The third-order valence-corrected chi connectivity index (χ3v) is 6.98. The summed E-state index contributed by atoms with van der Waals surface area (Å²) in [5, 5.41) is 51.0. The molecule has 0 bridgehead atoms. The van der Waals surface area contributed by atoms with Gasteiger partial charge in [0.1, 0.15) is 30.5 Å². The zero-order chi connectivity index (χ0) is 26.2. The van der Waals surface area contributed by atoms with Crippen LogP contribution in [0, 0.1) is 11.8 Å². The van der Waals surface area contributed by atoms with Crippen LogP contribution in [0.25, 0.3) is 0 Å². The summed E-state index contributed by atoms with van der Waals surface area (Å²) < 4.78 is 33.0. The molecule has 12 heteroatoms. The van der Waals surface area contributed by atoms with Gasteiger partial charge in [0, 0.05) is 12.3 Å². The number of hydrogen-bond acceptors (Lipinski definition) is 12. The lowest BCUT2D eigenvalue weighted by molar-refractivity contribution is -0.346. The predicted octanol–water partition coefficient (Wildman–Crippen LogP) is -0.697. The molecule has 36 heavy (non-hydrogen) atoms. The number of ether oxygens (including phenoxy) is 6. The summed E-state index contributed by atoms with van der Waals surface area (Å²) in [6.45, 7) is 0.940. The van der Waals surface area contributed by atoms with Crippen molar-refractivity contribution in [3.63, 3.8) is 0 Å². The predicted molar refractivity (Wildman–Crippen MR) is 120 cm³/mol. The number of esters is 1. The molecule has 200 valence electrons. The Morgan fingerprint density at radius 2 is 1.81 bits per heavy atom. The molecule has 2 fully saturated rings. The molecule has 0 unspecified atom stereocenters. The van der Waals surface area contributed by atoms with Crippen LogP contribution in [-0.2, 0) is 18.9 Å². The number of aliphatic hydroxyl groups excluding tert-OH is 4. The molecule has 0 spiro atoms. The van der Waals surface area contributed by atoms with E-state index in [1.807, 2.05) is 0 Å². The lowest BCUT2D eigenvalue weighted by Gasteiger charge is -2.43. The first kappa shape index (κ1) is 26.6. The van der Waals surface area contributed by atoms with Crippen LogP contribution in [0.5, 0.6) is 11.5 Å². The Kier molecular flexibility index (Phi) is 7.76. The first-order valence-electron chi connectivity index (χ1n) is 11.5. The highest BCUT2D eigenvalue weighted by atomic mass is 16.8. The van der Waals surface area contributed by atoms with Gasteiger partial charge in [-0.2, -0.15) is 0 Å². The summed E-state index contributed by atoms with van der Waals surface area (Å²) in [4.78, 5) is 12.9. The van der Waals surface area contributed by atoms with Crippen molar-refractivity contribution in [3.8, 4) is 11.5 Å². The van der Waals surface area contributed by atoms with Gasteiger partial charge in [0.15, 0.2) is 17.8 Å². The van der Waals surface area contributed by atoms with Gasteiger partial charge in [0.2, 0.25) is 6.29 Å². The van der Waals surface area contributed by atoms with E-state index in [1.165, 1.54) is 26.5 Å². The standard InChI is InChI=1S/C24H32O12/c1-24(30)9-15(34-21(29)11-4-5-13(31-2)14(8-11)32-3)12-6-7-33-22(17(12)24)36-23-20(28)19(27)18(26)16(10-25)35-23/h4-8,12,15-20,22-23,25-28,30H,9-10H2,1-3H3/t12-,15+,16-,17+,18+,19+,20+,22-,23-,24+/m0/s1. The van der Waals surface area contributed by atoms with Gasteiger partial charge in [-0.1, -0.05) is 0 Å². The van der Waals surface area contributed by atoms with E-state index in [1.54, 1.807) is 25.1 Å². The van der Waals surface area contributed by atoms with E-state index < -0.39 is 73.1 Å². The minimum absolute atomic E-state index is 0.0730. The summed E-state index contributed by atoms with van der Waals surface area (Å²) in [5.74, 6) is -1.05. The largest absolute Gasteiger partial charge is 0.493 e. The minimum Gasteiger partial charge on any atom is -0.493 e. The van der Waals surface area contributed by atoms with Crippen molar-refractivity contribution < 1.29 is 58.7 Å². The molecule has 1 aliphatic carbocycles. The monoisotopic (exact) mass is 512 g/mol. The lowest BCUT2D eigenvalue weighted by atomic mass is 9.85. The van der Waals surface area contributed by atoms with Crippen LogP contribution in [0.1, 0.15) is 23.7 Å². The molecule has 10 atom stereocenters. The van der Waals surface area contributed by atoms with Crippen LogP contribution in [0.2, 0.25) is 0 Å². The van der Waals surface area contributed by atoms with Gasteiger partial charge in [-0.05, 0) is 31.2 Å². The number of rotatable bonds is 7. The number of carbonyl (C=O) groups excluding carboxylic acids is 1. The molecule has 2 heterocycles. The Morgan fingerprint density at radius 1 is 1.08 bits per heavy atom. The van der Waals surface area contributed by atoms with E-state index in [2.05, 4.69) is 0 Å². The Morgan fingerprint density at radius 3 is 2.47 bits per heavy atom. The number of benzene rings is 1. The van der Waals surface area contributed by atoms with Crippen molar-refractivity contribution in [2.75, 3.05) is 20.8 Å². The van der Waals surface area contributed by atoms with Crippen LogP contribution >= 0.6 is 0 Å². The Hall–Kier alpha value is -2.45. The van der Waals surface area contributed by atoms with E-state index in [-0.39, 0.29) is 12.0 Å². The number of fused-ring (bicyclic) bond motifs is 1. The van der Waals surface area contributed by atoms with Crippen molar-refractivity contribution in [3.05, 3.63) is 36.1 Å². The second-order valence-corrected chi connectivity index (χ2v) is 9.34. The topological polar surface area (TPSA) is 174 Å². The van der Waals surface area contributed by atoms with Gasteiger partial charge >= 0.3 is 5.97 Å². The van der Waals surface area contributed by atoms with E-state index in [9.17, 15) is 30.3 Å².